The topological polar surface area (TPSA) is 105 Å². The van der Waals surface area contributed by atoms with E-state index >= 15 is 0 Å². The Morgan fingerprint density at radius 3 is 2.74 bits per heavy atom. The van der Waals surface area contributed by atoms with Crippen LogP contribution in [-0.4, -0.2) is 98.7 Å². The summed E-state index contributed by atoms with van der Waals surface area (Å²) in [4.78, 5) is 30.2. The number of ether oxygens (including phenoxy) is 2. The van der Waals surface area contributed by atoms with E-state index < -0.39 is 43.3 Å². The first-order valence-electron chi connectivity index (χ1n) is 11.2. The summed E-state index contributed by atoms with van der Waals surface area (Å²) in [5, 5.41) is 12.0. The molecule has 2 amide bonds. The molecule has 9 nitrogen and oxygen atoms in total. The number of alkyl halides is 2. The van der Waals surface area contributed by atoms with Gasteiger partial charge in [0, 0.05) is 18.0 Å². The quantitative estimate of drug-likeness (QED) is 0.403. The fourth-order valence-corrected chi connectivity index (χ4v) is 3.62. The lowest BCUT2D eigenvalue weighted by Gasteiger charge is -2.23. The number of halogens is 2. The second-order valence-corrected chi connectivity index (χ2v) is 9.42. The smallest absolute Gasteiger partial charge is 0.268 e. The number of carbonyl (C=O) groups is 2. The SMILES string of the molecule is C[N+](C)(C)CCOCCOc1ccc2nccc(C(=O)NCC(=O)N3CC(F)(F)C[C@H]3C#N)c2c1. The largest absolute Gasteiger partial charge is 0.491 e. The molecule has 1 aromatic carbocycles. The fourth-order valence-electron chi connectivity index (χ4n) is 3.62. The van der Waals surface area contributed by atoms with Crippen LogP contribution in [0.25, 0.3) is 10.9 Å². The van der Waals surface area contributed by atoms with Crippen molar-refractivity contribution in [1.29, 1.82) is 5.26 Å². The van der Waals surface area contributed by atoms with Gasteiger partial charge in [0.2, 0.25) is 5.91 Å². The van der Waals surface area contributed by atoms with Crippen LogP contribution in [0.3, 0.4) is 0 Å². The molecule has 1 fully saturated rings. The Bertz CT molecular complexity index is 1110. The molecular weight excluding hydrogens is 460 g/mol. The number of aromatic nitrogens is 1. The minimum Gasteiger partial charge on any atom is -0.491 e. The average molecular weight is 491 g/mol. The molecule has 0 aliphatic carbocycles. The van der Waals surface area contributed by atoms with Gasteiger partial charge in [-0.2, -0.15) is 5.26 Å². The molecule has 1 aromatic heterocycles. The van der Waals surface area contributed by atoms with Gasteiger partial charge in [-0.15, -0.1) is 0 Å². The predicted octanol–water partition coefficient (Wildman–Crippen LogP) is 1.83. The molecule has 1 aliphatic rings. The summed E-state index contributed by atoms with van der Waals surface area (Å²) >= 11 is 0. The van der Waals surface area contributed by atoms with E-state index in [1.165, 1.54) is 12.3 Å². The number of nitrogens with zero attached hydrogens (tertiary/aromatic N) is 4. The highest BCUT2D eigenvalue weighted by molar-refractivity contribution is 6.07. The molecule has 2 aromatic rings. The first-order chi connectivity index (χ1) is 16.5. The highest BCUT2D eigenvalue weighted by Crippen LogP contribution is 2.31. The van der Waals surface area contributed by atoms with Crippen molar-refractivity contribution in [2.45, 2.75) is 18.4 Å². The Morgan fingerprint density at radius 2 is 2.03 bits per heavy atom. The first-order valence-corrected chi connectivity index (χ1v) is 11.2. The van der Waals surface area contributed by atoms with Gasteiger partial charge in [0.15, 0.2) is 0 Å². The molecule has 1 atom stereocenters. The number of amides is 2. The minimum absolute atomic E-state index is 0.260. The number of hydrogen-bond acceptors (Lipinski definition) is 6. The van der Waals surface area contributed by atoms with Gasteiger partial charge in [0.05, 0.1) is 64.6 Å². The summed E-state index contributed by atoms with van der Waals surface area (Å²) in [6.07, 6.45) is 0.760. The van der Waals surface area contributed by atoms with Crippen molar-refractivity contribution in [2.75, 3.05) is 60.6 Å². The molecule has 0 spiro atoms. The van der Waals surface area contributed by atoms with Gasteiger partial charge in [-0.3, -0.25) is 14.6 Å². The Hall–Kier alpha value is -3.36. The number of carbonyl (C=O) groups excluding carboxylic acids is 2. The van der Waals surface area contributed by atoms with Crippen LogP contribution < -0.4 is 10.1 Å². The Balaban J connectivity index is 1.59. The molecule has 0 radical (unpaired) electrons. The number of hydrogen-bond donors (Lipinski definition) is 1. The molecule has 0 bridgehead atoms. The number of fused-ring (bicyclic) bond motifs is 1. The summed E-state index contributed by atoms with van der Waals surface area (Å²) in [6, 6.07) is 7.13. The van der Waals surface area contributed by atoms with E-state index in [4.69, 9.17) is 14.7 Å². The summed E-state index contributed by atoms with van der Waals surface area (Å²) in [5.74, 6) is -3.89. The third-order valence-corrected chi connectivity index (χ3v) is 5.50. The molecule has 3 rings (SSSR count). The molecule has 35 heavy (non-hydrogen) atoms. The number of benzene rings is 1. The van der Waals surface area contributed by atoms with Crippen LogP contribution in [-0.2, 0) is 9.53 Å². The number of likely N-dealkylation sites (N-methyl/N-ethyl adjacent to an activating group) is 1. The Kier molecular flexibility index (Phi) is 8.19. The van der Waals surface area contributed by atoms with Crippen molar-refractivity contribution in [2.24, 2.45) is 0 Å². The molecule has 0 saturated carbocycles. The molecule has 2 heterocycles. The van der Waals surface area contributed by atoms with Crippen LogP contribution in [0.4, 0.5) is 8.78 Å². The first kappa shape index (κ1) is 26.2. The zero-order valence-electron chi connectivity index (χ0n) is 20.1. The minimum atomic E-state index is -3.12. The van der Waals surface area contributed by atoms with Crippen molar-refractivity contribution in [3.63, 3.8) is 0 Å². The molecule has 1 N–H and O–H groups in total. The lowest BCUT2D eigenvalue weighted by molar-refractivity contribution is -0.870. The molecular formula is C24H30F2N5O4+. The van der Waals surface area contributed by atoms with E-state index in [-0.39, 0.29) is 5.56 Å². The van der Waals surface area contributed by atoms with Gasteiger partial charge in [0.25, 0.3) is 11.8 Å². The van der Waals surface area contributed by atoms with E-state index in [0.29, 0.717) is 36.5 Å². The molecule has 188 valence electrons. The van der Waals surface area contributed by atoms with Crippen LogP contribution in [0.1, 0.15) is 16.8 Å². The highest BCUT2D eigenvalue weighted by Gasteiger charge is 2.47. The maximum atomic E-state index is 13.6. The van der Waals surface area contributed by atoms with E-state index in [1.807, 2.05) is 0 Å². The monoisotopic (exact) mass is 490 g/mol. The second kappa shape index (κ2) is 10.9. The summed E-state index contributed by atoms with van der Waals surface area (Å²) in [6.45, 7) is 0.899. The lowest BCUT2D eigenvalue weighted by Crippen LogP contribution is -2.43. The maximum absolute atomic E-state index is 13.6. The van der Waals surface area contributed by atoms with Crippen LogP contribution in [0.2, 0.25) is 0 Å². The van der Waals surface area contributed by atoms with Crippen LogP contribution in [0.5, 0.6) is 5.75 Å². The Morgan fingerprint density at radius 1 is 1.26 bits per heavy atom. The van der Waals surface area contributed by atoms with Crippen molar-refractivity contribution in [3.8, 4) is 11.8 Å². The van der Waals surface area contributed by atoms with E-state index in [9.17, 15) is 18.4 Å². The van der Waals surface area contributed by atoms with Crippen LogP contribution in [0, 0.1) is 11.3 Å². The zero-order valence-corrected chi connectivity index (χ0v) is 20.1. The summed E-state index contributed by atoms with van der Waals surface area (Å²) in [5.41, 5.74) is 0.815. The third kappa shape index (κ3) is 7.31. The average Bonchev–Trinajstić information content (AvgIpc) is 3.13. The number of rotatable bonds is 10. The normalized spacial score (nSPS) is 17.3. The van der Waals surface area contributed by atoms with Crippen LogP contribution in [0.15, 0.2) is 30.5 Å². The van der Waals surface area contributed by atoms with E-state index in [2.05, 4.69) is 31.4 Å². The number of nitrogens with one attached hydrogen (secondary N) is 1. The predicted molar refractivity (Wildman–Crippen MR) is 124 cm³/mol. The van der Waals surface area contributed by atoms with Gasteiger partial charge in [-0.1, -0.05) is 0 Å². The lowest BCUT2D eigenvalue weighted by atomic mass is 10.1. The van der Waals surface area contributed by atoms with Gasteiger partial charge >= 0.3 is 0 Å². The number of quaternary nitrogens is 1. The fraction of sp³-hybridized carbons (Fsp3) is 0.500. The second-order valence-electron chi connectivity index (χ2n) is 9.42. The molecule has 1 aliphatic heterocycles. The molecule has 0 unspecified atom stereocenters. The molecule has 11 heteroatoms. The third-order valence-electron chi connectivity index (χ3n) is 5.50. The zero-order chi connectivity index (χ0) is 25.6. The standard InChI is InChI=1S/C24H29F2N5O4/c1-31(2,3)8-9-34-10-11-35-18-4-5-21-20(12-18)19(6-7-28-21)23(33)29-15-22(32)30-16-24(25,26)13-17(30)14-27/h4-7,12,17H,8-11,13,15-16H2,1-3H3/p+1/t17-/m0/s1. The van der Waals surface area contributed by atoms with E-state index in [1.54, 1.807) is 24.3 Å². The Labute approximate surface area is 202 Å². The number of nitriles is 1. The number of likely N-dealkylation sites (tertiary alicyclic amines) is 1. The highest BCUT2D eigenvalue weighted by atomic mass is 19.3. The van der Waals surface area contributed by atoms with Crippen molar-refractivity contribution in [1.82, 2.24) is 15.2 Å². The molecule has 1 saturated heterocycles. The maximum Gasteiger partial charge on any atom is 0.268 e. The van der Waals surface area contributed by atoms with Crippen molar-refractivity contribution in [3.05, 3.63) is 36.0 Å². The van der Waals surface area contributed by atoms with Gasteiger partial charge in [-0.25, -0.2) is 8.78 Å². The van der Waals surface area contributed by atoms with Crippen molar-refractivity contribution >= 4 is 22.7 Å². The summed E-state index contributed by atoms with van der Waals surface area (Å²) < 4.78 is 39.3. The van der Waals surface area contributed by atoms with Gasteiger partial charge in [-0.05, 0) is 24.3 Å². The number of pyridine rings is 1. The van der Waals surface area contributed by atoms with E-state index in [0.717, 1.165) is 15.9 Å². The van der Waals surface area contributed by atoms with Crippen LogP contribution >= 0.6 is 0 Å². The van der Waals surface area contributed by atoms with Gasteiger partial charge in [0.1, 0.15) is 24.9 Å². The van der Waals surface area contributed by atoms with Gasteiger partial charge < -0.3 is 24.2 Å². The summed E-state index contributed by atoms with van der Waals surface area (Å²) in [7, 11) is 6.25. The van der Waals surface area contributed by atoms with Crippen molar-refractivity contribution < 1.29 is 32.3 Å².